The molecule has 1 aromatic heterocycles. The normalized spacial score (nSPS) is 16.8. The van der Waals surface area contributed by atoms with E-state index < -0.39 is 0 Å². The summed E-state index contributed by atoms with van der Waals surface area (Å²) < 4.78 is 0. The van der Waals surface area contributed by atoms with E-state index in [0.29, 0.717) is 12.0 Å². The zero-order valence-corrected chi connectivity index (χ0v) is 14.3. The van der Waals surface area contributed by atoms with E-state index in [1.165, 1.54) is 5.56 Å². The molecule has 0 aliphatic carbocycles. The molecule has 1 N–H and O–H groups in total. The van der Waals surface area contributed by atoms with Gasteiger partial charge in [0.15, 0.2) is 0 Å². The molecule has 0 spiro atoms. The molecule has 6 heteroatoms. The Morgan fingerprint density at radius 3 is 2.92 bits per heavy atom. The van der Waals surface area contributed by atoms with Crippen molar-refractivity contribution in [1.82, 2.24) is 9.97 Å². The van der Waals surface area contributed by atoms with Crippen LogP contribution >= 0.6 is 0 Å². The van der Waals surface area contributed by atoms with E-state index in [0.717, 1.165) is 36.6 Å². The first-order valence-corrected chi connectivity index (χ1v) is 8.09. The van der Waals surface area contributed by atoms with Gasteiger partial charge in [-0.05, 0) is 37.1 Å². The van der Waals surface area contributed by atoms with Crippen molar-refractivity contribution in [3.8, 4) is 6.07 Å². The lowest BCUT2D eigenvalue weighted by Crippen LogP contribution is -2.27. The summed E-state index contributed by atoms with van der Waals surface area (Å²) in [6.45, 7) is 3.85. The Hall–Kier alpha value is -2.81. The highest BCUT2D eigenvalue weighted by molar-refractivity contribution is 5.61. The van der Waals surface area contributed by atoms with E-state index in [1.54, 1.807) is 6.20 Å². The SMILES string of the molecule is Cc1ccc(C#N)c(N2CCC(Nc3ccnc(N(C)C)n3)C2)c1. The lowest BCUT2D eigenvalue weighted by molar-refractivity contribution is 0.798. The smallest absolute Gasteiger partial charge is 0.226 e. The van der Waals surface area contributed by atoms with E-state index in [1.807, 2.05) is 37.2 Å². The molecule has 1 saturated heterocycles. The molecule has 1 atom stereocenters. The zero-order valence-electron chi connectivity index (χ0n) is 14.3. The highest BCUT2D eigenvalue weighted by atomic mass is 15.2. The Morgan fingerprint density at radius 1 is 1.33 bits per heavy atom. The maximum atomic E-state index is 9.34. The molecule has 6 nitrogen and oxygen atoms in total. The van der Waals surface area contributed by atoms with Gasteiger partial charge in [-0.3, -0.25) is 0 Å². The van der Waals surface area contributed by atoms with Gasteiger partial charge in [-0.1, -0.05) is 6.07 Å². The average molecular weight is 322 g/mol. The fourth-order valence-electron chi connectivity index (χ4n) is 2.95. The number of aryl methyl sites for hydroxylation is 1. The van der Waals surface area contributed by atoms with Crippen molar-refractivity contribution in [2.75, 3.05) is 42.3 Å². The lowest BCUT2D eigenvalue weighted by Gasteiger charge is -2.21. The quantitative estimate of drug-likeness (QED) is 0.932. The van der Waals surface area contributed by atoms with Gasteiger partial charge in [0.2, 0.25) is 5.95 Å². The third-order valence-electron chi connectivity index (χ3n) is 4.20. The van der Waals surface area contributed by atoms with E-state index in [-0.39, 0.29) is 0 Å². The summed E-state index contributed by atoms with van der Waals surface area (Å²) in [5.74, 6) is 1.53. The molecule has 1 aromatic carbocycles. The number of nitrogens with zero attached hydrogens (tertiary/aromatic N) is 5. The van der Waals surface area contributed by atoms with E-state index >= 15 is 0 Å². The molecule has 0 radical (unpaired) electrons. The number of hydrogen-bond donors (Lipinski definition) is 1. The third-order valence-corrected chi connectivity index (χ3v) is 4.20. The van der Waals surface area contributed by atoms with Crippen molar-refractivity contribution in [3.63, 3.8) is 0 Å². The molecule has 0 bridgehead atoms. The Labute approximate surface area is 142 Å². The van der Waals surface area contributed by atoms with Crippen molar-refractivity contribution in [1.29, 1.82) is 5.26 Å². The summed E-state index contributed by atoms with van der Waals surface area (Å²) >= 11 is 0. The van der Waals surface area contributed by atoms with Crippen LogP contribution in [0.15, 0.2) is 30.5 Å². The Morgan fingerprint density at radius 2 is 2.17 bits per heavy atom. The van der Waals surface area contributed by atoms with E-state index in [2.05, 4.69) is 39.2 Å². The number of nitriles is 1. The molecule has 24 heavy (non-hydrogen) atoms. The van der Waals surface area contributed by atoms with Crippen molar-refractivity contribution < 1.29 is 0 Å². The Balaban J connectivity index is 1.71. The van der Waals surface area contributed by atoms with Gasteiger partial charge in [-0.15, -0.1) is 0 Å². The number of benzene rings is 1. The minimum Gasteiger partial charge on any atom is -0.368 e. The Kier molecular flexibility index (Phi) is 4.52. The first kappa shape index (κ1) is 16.1. The molecule has 2 aromatic rings. The largest absolute Gasteiger partial charge is 0.368 e. The van der Waals surface area contributed by atoms with Gasteiger partial charge in [0.25, 0.3) is 0 Å². The van der Waals surface area contributed by atoms with Crippen LogP contribution in [0.3, 0.4) is 0 Å². The Bertz CT molecular complexity index is 764. The molecule has 1 unspecified atom stereocenters. The highest BCUT2D eigenvalue weighted by Crippen LogP contribution is 2.26. The molecule has 0 saturated carbocycles. The van der Waals surface area contributed by atoms with Gasteiger partial charge in [0, 0.05) is 39.4 Å². The van der Waals surface area contributed by atoms with Gasteiger partial charge < -0.3 is 15.1 Å². The van der Waals surface area contributed by atoms with Crippen LogP contribution in [0.1, 0.15) is 17.5 Å². The first-order valence-electron chi connectivity index (χ1n) is 8.09. The van der Waals surface area contributed by atoms with Crippen LogP contribution in [0.25, 0.3) is 0 Å². The molecule has 3 rings (SSSR count). The first-order chi connectivity index (χ1) is 11.6. The van der Waals surface area contributed by atoms with Crippen molar-refractivity contribution in [3.05, 3.63) is 41.6 Å². The second-order valence-corrected chi connectivity index (χ2v) is 6.34. The van der Waals surface area contributed by atoms with Crippen LogP contribution in [0.5, 0.6) is 0 Å². The number of hydrogen-bond acceptors (Lipinski definition) is 6. The standard InChI is InChI=1S/C18H22N6/c1-13-4-5-14(11-19)16(10-13)24-9-7-15(12-24)21-17-6-8-20-18(22-17)23(2)3/h4-6,8,10,15H,7,9,12H2,1-3H3,(H,20,21,22). The minimum atomic E-state index is 0.307. The van der Waals surface area contributed by atoms with Gasteiger partial charge >= 0.3 is 0 Å². The molecular weight excluding hydrogens is 300 g/mol. The number of rotatable bonds is 4. The number of aromatic nitrogens is 2. The van der Waals surface area contributed by atoms with Crippen LogP contribution in [-0.4, -0.2) is 43.2 Å². The monoisotopic (exact) mass is 322 g/mol. The summed E-state index contributed by atoms with van der Waals surface area (Å²) in [6.07, 6.45) is 2.78. The lowest BCUT2D eigenvalue weighted by atomic mass is 10.1. The minimum absolute atomic E-state index is 0.307. The molecule has 2 heterocycles. The molecule has 124 valence electrons. The molecule has 1 aliphatic rings. The fourth-order valence-corrected chi connectivity index (χ4v) is 2.95. The van der Waals surface area contributed by atoms with Gasteiger partial charge in [0.05, 0.1) is 11.3 Å². The van der Waals surface area contributed by atoms with Gasteiger partial charge in [-0.25, -0.2) is 4.98 Å². The van der Waals surface area contributed by atoms with Gasteiger partial charge in [-0.2, -0.15) is 10.2 Å². The van der Waals surface area contributed by atoms with Crippen molar-refractivity contribution >= 4 is 17.5 Å². The van der Waals surface area contributed by atoms with Crippen LogP contribution < -0.4 is 15.1 Å². The zero-order chi connectivity index (χ0) is 17.1. The summed E-state index contributed by atoms with van der Waals surface area (Å²) in [4.78, 5) is 12.9. The summed E-state index contributed by atoms with van der Waals surface area (Å²) in [7, 11) is 3.86. The second-order valence-electron chi connectivity index (χ2n) is 6.34. The van der Waals surface area contributed by atoms with Crippen molar-refractivity contribution in [2.24, 2.45) is 0 Å². The van der Waals surface area contributed by atoms with E-state index in [4.69, 9.17) is 0 Å². The summed E-state index contributed by atoms with van der Waals surface area (Å²) in [6, 6.07) is 10.5. The molecule has 1 aliphatic heterocycles. The number of anilines is 3. The second kappa shape index (κ2) is 6.75. The predicted octanol–water partition coefficient (Wildman–Crippen LogP) is 2.41. The van der Waals surface area contributed by atoms with Crippen LogP contribution in [0, 0.1) is 18.3 Å². The highest BCUT2D eigenvalue weighted by Gasteiger charge is 2.24. The molecule has 1 fully saturated rings. The number of nitrogens with one attached hydrogen (secondary N) is 1. The van der Waals surface area contributed by atoms with E-state index in [9.17, 15) is 5.26 Å². The van der Waals surface area contributed by atoms with Crippen LogP contribution in [-0.2, 0) is 0 Å². The topological polar surface area (TPSA) is 68.1 Å². The van der Waals surface area contributed by atoms with Crippen molar-refractivity contribution in [2.45, 2.75) is 19.4 Å². The fraction of sp³-hybridized carbons (Fsp3) is 0.389. The maximum Gasteiger partial charge on any atom is 0.226 e. The van der Waals surface area contributed by atoms with Crippen LogP contribution in [0.2, 0.25) is 0 Å². The average Bonchev–Trinajstić information content (AvgIpc) is 3.03. The molecule has 0 amide bonds. The van der Waals surface area contributed by atoms with Crippen LogP contribution in [0.4, 0.5) is 17.5 Å². The molecular formula is C18H22N6. The summed E-state index contributed by atoms with van der Waals surface area (Å²) in [5, 5.41) is 12.8. The maximum absolute atomic E-state index is 9.34. The van der Waals surface area contributed by atoms with Gasteiger partial charge in [0.1, 0.15) is 11.9 Å². The third kappa shape index (κ3) is 3.40. The predicted molar refractivity (Wildman–Crippen MR) is 96.5 cm³/mol. The summed E-state index contributed by atoms with van der Waals surface area (Å²) in [5.41, 5.74) is 2.93.